The van der Waals surface area contributed by atoms with Crippen molar-refractivity contribution in [3.05, 3.63) is 65.0 Å². The minimum Gasteiger partial charge on any atom is -0.488 e. The Morgan fingerprint density at radius 2 is 1.84 bits per heavy atom. The fraction of sp³-hybridized carbons (Fsp3) is 0.125. The van der Waals surface area contributed by atoms with E-state index in [1.54, 1.807) is 11.3 Å². The lowest BCUT2D eigenvalue weighted by Gasteiger charge is -2.02. The van der Waals surface area contributed by atoms with Crippen molar-refractivity contribution in [1.29, 1.82) is 0 Å². The summed E-state index contributed by atoms with van der Waals surface area (Å²) in [7, 11) is 0. The van der Waals surface area contributed by atoms with E-state index in [1.807, 2.05) is 30.3 Å². The average Bonchev–Trinajstić information content (AvgIpc) is 2.88. The molecular weight excluding hydrogens is 254 g/mol. The number of hydrogen-bond acceptors (Lipinski definition) is 3. The van der Waals surface area contributed by atoms with Crippen LogP contribution in [0.4, 0.5) is 0 Å². The fourth-order valence-electron chi connectivity index (χ4n) is 2.00. The second-order valence-corrected chi connectivity index (χ2v) is 5.56. The fourth-order valence-corrected chi connectivity index (χ4v) is 3.04. The molecule has 0 saturated carbocycles. The summed E-state index contributed by atoms with van der Waals surface area (Å²) in [4.78, 5) is 1.23. The van der Waals surface area contributed by atoms with Crippen LogP contribution < -0.4 is 10.5 Å². The van der Waals surface area contributed by atoms with E-state index in [0.717, 1.165) is 5.75 Å². The van der Waals surface area contributed by atoms with Crippen LogP contribution in [0.2, 0.25) is 0 Å². The molecule has 3 aromatic rings. The maximum atomic E-state index is 5.76. The molecule has 0 radical (unpaired) electrons. The van der Waals surface area contributed by atoms with Crippen molar-refractivity contribution < 1.29 is 4.74 Å². The van der Waals surface area contributed by atoms with Gasteiger partial charge in [-0.2, -0.15) is 0 Å². The molecule has 0 aliphatic carbocycles. The predicted octanol–water partition coefficient (Wildman–Crippen LogP) is 3.94. The molecule has 0 unspecified atom stereocenters. The second-order valence-electron chi connectivity index (χ2n) is 4.39. The smallest absolute Gasteiger partial charge is 0.122 e. The van der Waals surface area contributed by atoms with Crippen molar-refractivity contribution in [3.63, 3.8) is 0 Å². The van der Waals surface area contributed by atoms with Crippen LogP contribution in [-0.2, 0) is 13.2 Å². The summed E-state index contributed by atoms with van der Waals surface area (Å²) >= 11 is 1.77. The van der Waals surface area contributed by atoms with Crippen LogP contribution in [0, 0.1) is 0 Å². The van der Waals surface area contributed by atoms with Gasteiger partial charge in [0.15, 0.2) is 0 Å². The Hall–Kier alpha value is -1.84. The average molecular weight is 269 g/mol. The van der Waals surface area contributed by atoms with Crippen LogP contribution in [0.5, 0.6) is 5.75 Å². The molecule has 2 aromatic carbocycles. The highest BCUT2D eigenvalue weighted by molar-refractivity contribution is 7.19. The molecule has 2 nitrogen and oxygen atoms in total. The van der Waals surface area contributed by atoms with Gasteiger partial charge in [-0.1, -0.05) is 30.3 Å². The number of nitrogens with two attached hydrogens (primary N) is 1. The molecule has 1 aromatic heterocycles. The number of thiophene rings is 1. The molecule has 0 aliphatic rings. The number of ether oxygens (including phenoxy) is 1. The van der Waals surface area contributed by atoms with Gasteiger partial charge in [0.2, 0.25) is 0 Å². The summed E-state index contributed by atoms with van der Waals surface area (Å²) in [6, 6.07) is 18.4. The van der Waals surface area contributed by atoms with E-state index in [2.05, 4.69) is 24.3 Å². The van der Waals surface area contributed by atoms with E-state index >= 15 is 0 Å². The zero-order valence-electron chi connectivity index (χ0n) is 10.5. The van der Waals surface area contributed by atoms with E-state index < -0.39 is 0 Å². The molecule has 0 bridgehead atoms. The zero-order chi connectivity index (χ0) is 13.1. The standard InChI is InChI=1S/C16H15NOS/c17-10-12-6-7-13-9-15(19-16(13)8-12)11-18-14-4-2-1-3-5-14/h1-9H,10-11,17H2. The summed E-state index contributed by atoms with van der Waals surface area (Å²) in [6.07, 6.45) is 0. The minimum absolute atomic E-state index is 0.587. The molecular formula is C16H15NOS. The van der Waals surface area contributed by atoms with Gasteiger partial charge in [0.25, 0.3) is 0 Å². The highest BCUT2D eigenvalue weighted by Crippen LogP contribution is 2.27. The number of benzene rings is 2. The van der Waals surface area contributed by atoms with Crippen LogP contribution in [0.1, 0.15) is 10.4 Å². The number of para-hydroxylation sites is 1. The monoisotopic (exact) mass is 269 g/mol. The SMILES string of the molecule is NCc1ccc2cc(COc3ccccc3)sc2c1. The largest absolute Gasteiger partial charge is 0.488 e. The van der Waals surface area contributed by atoms with Crippen LogP contribution in [-0.4, -0.2) is 0 Å². The van der Waals surface area contributed by atoms with Crippen molar-refractivity contribution in [2.24, 2.45) is 5.73 Å². The topological polar surface area (TPSA) is 35.2 Å². The van der Waals surface area contributed by atoms with Gasteiger partial charge in [-0.3, -0.25) is 0 Å². The van der Waals surface area contributed by atoms with E-state index in [0.29, 0.717) is 13.2 Å². The van der Waals surface area contributed by atoms with Crippen molar-refractivity contribution in [2.45, 2.75) is 13.2 Å². The first-order valence-corrected chi connectivity index (χ1v) is 7.06. The van der Waals surface area contributed by atoms with E-state index in [-0.39, 0.29) is 0 Å². The van der Waals surface area contributed by atoms with Crippen molar-refractivity contribution >= 4 is 21.4 Å². The molecule has 3 rings (SSSR count). The molecule has 0 fully saturated rings. The summed E-state index contributed by atoms with van der Waals surface area (Å²) in [5.41, 5.74) is 6.83. The highest BCUT2D eigenvalue weighted by Gasteiger charge is 2.03. The first-order chi connectivity index (χ1) is 9.35. The Bertz CT molecular complexity index is 676. The first-order valence-electron chi connectivity index (χ1n) is 6.24. The number of rotatable bonds is 4. The first kappa shape index (κ1) is 12.2. The van der Waals surface area contributed by atoms with Crippen LogP contribution >= 0.6 is 11.3 Å². The normalized spacial score (nSPS) is 10.8. The third kappa shape index (κ3) is 2.78. The van der Waals surface area contributed by atoms with E-state index in [9.17, 15) is 0 Å². The lowest BCUT2D eigenvalue weighted by Crippen LogP contribution is -1.94. The lowest BCUT2D eigenvalue weighted by atomic mass is 10.2. The summed E-state index contributed by atoms with van der Waals surface area (Å²) < 4.78 is 7.04. The molecule has 2 N–H and O–H groups in total. The Labute approximate surface area is 116 Å². The molecule has 0 spiro atoms. The molecule has 0 saturated heterocycles. The number of fused-ring (bicyclic) bond motifs is 1. The zero-order valence-corrected chi connectivity index (χ0v) is 11.3. The Morgan fingerprint density at radius 3 is 2.63 bits per heavy atom. The van der Waals surface area contributed by atoms with E-state index in [4.69, 9.17) is 10.5 Å². The summed E-state index contributed by atoms with van der Waals surface area (Å²) in [5.74, 6) is 0.905. The molecule has 0 atom stereocenters. The molecule has 19 heavy (non-hydrogen) atoms. The van der Waals surface area contributed by atoms with Gasteiger partial charge in [-0.15, -0.1) is 11.3 Å². The summed E-state index contributed by atoms with van der Waals surface area (Å²) in [6.45, 7) is 1.20. The molecule has 0 aliphatic heterocycles. The molecule has 1 heterocycles. The van der Waals surface area contributed by atoms with Crippen molar-refractivity contribution in [2.75, 3.05) is 0 Å². The van der Waals surface area contributed by atoms with E-state index in [1.165, 1.54) is 20.5 Å². The van der Waals surface area contributed by atoms with Crippen LogP contribution in [0.25, 0.3) is 10.1 Å². The second kappa shape index (κ2) is 5.43. The molecule has 0 amide bonds. The molecule has 3 heteroatoms. The third-order valence-electron chi connectivity index (χ3n) is 3.00. The van der Waals surface area contributed by atoms with Crippen molar-refractivity contribution in [1.82, 2.24) is 0 Å². The van der Waals surface area contributed by atoms with Crippen LogP contribution in [0.15, 0.2) is 54.6 Å². The summed E-state index contributed by atoms with van der Waals surface area (Å²) in [5, 5.41) is 1.26. The van der Waals surface area contributed by atoms with Gasteiger partial charge in [-0.05, 0) is 35.2 Å². The van der Waals surface area contributed by atoms with Gasteiger partial charge in [0.1, 0.15) is 12.4 Å². The molecule has 96 valence electrons. The minimum atomic E-state index is 0.587. The maximum absolute atomic E-state index is 5.76. The van der Waals surface area contributed by atoms with Crippen molar-refractivity contribution in [3.8, 4) is 5.75 Å². The Balaban J connectivity index is 1.78. The number of hydrogen-bond donors (Lipinski definition) is 1. The quantitative estimate of drug-likeness (QED) is 0.778. The van der Waals surface area contributed by atoms with Gasteiger partial charge in [0.05, 0.1) is 0 Å². The van der Waals surface area contributed by atoms with Gasteiger partial charge in [0, 0.05) is 16.1 Å². The van der Waals surface area contributed by atoms with Gasteiger partial charge in [-0.25, -0.2) is 0 Å². The van der Waals surface area contributed by atoms with Gasteiger partial charge < -0.3 is 10.5 Å². The highest BCUT2D eigenvalue weighted by atomic mass is 32.1. The lowest BCUT2D eigenvalue weighted by molar-refractivity contribution is 0.310. The Morgan fingerprint density at radius 1 is 1.00 bits per heavy atom. The van der Waals surface area contributed by atoms with Crippen LogP contribution in [0.3, 0.4) is 0 Å². The van der Waals surface area contributed by atoms with Gasteiger partial charge >= 0.3 is 0 Å². The Kier molecular flexibility index (Phi) is 3.49. The third-order valence-corrected chi connectivity index (χ3v) is 4.07. The maximum Gasteiger partial charge on any atom is 0.122 e. The predicted molar refractivity (Wildman–Crippen MR) is 80.5 cm³/mol.